The van der Waals surface area contributed by atoms with Crippen LogP contribution in [0.1, 0.15) is 44.9 Å². The van der Waals surface area contributed by atoms with Crippen LogP contribution >= 0.6 is 0 Å². The Labute approximate surface area is 170 Å². The lowest BCUT2D eigenvalue weighted by molar-refractivity contribution is -0.136. The van der Waals surface area contributed by atoms with Crippen molar-refractivity contribution in [3.63, 3.8) is 0 Å². The van der Waals surface area contributed by atoms with Crippen molar-refractivity contribution < 1.29 is 14.7 Å². The lowest BCUT2D eigenvalue weighted by Gasteiger charge is -2.09. The second kappa shape index (κ2) is 8.73. The zero-order chi connectivity index (χ0) is 21.0. The zero-order valence-electron chi connectivity index (χ0n) is 16.9. The molecule has 6 heteroatoms. The van der Waals surface area contributed by atoms with Gasteiger partial charge in [0.25, 0.3) is 5.91 Å². The van der Waals surface area contributed by atoms with Gasteiger partial charge in [-0.1, -0.05) is 24.3 Å². The molecule has 0 unspecified atom stereocenters. The van der Waals surface area contributed by atoms with Crippen LogP contribution < -0.4 is 5.32 Å². The molecule has 3 aromatic rings. The average molecular weight is 391 g/mol. The number of carboxylic acid groups (broad SMARTS) is 1. The maximum atomic E-state index is 12.5. The van der Waals surface area contributed by atoms with Gasteiger partial charge in [0.05, 0.1) is 11.4 Å². The van der Waals surface area contributed by atoms with Crippen LogP contribution in [0, 0.1) is 20.8 Å². The van der Waals surface area contributed by atoms with Crippen molar-refractivity contribution in [3.05, 3.63) is 82.2 Å². The number of benzene rings is 2. The van der Waals surface area contributed by atoms with Crippen molar-refractivity contribution in [1.29, 1.82) is 0 Å². The molecule has 2 N–H and O–H groups in total. The van der Waals surface area contributed by atoms with Crippen molar-refractivity contribution in [2.24, 2.45) is 0 Å². The number of rotatable bonds is 7. The van der Waals surface area contributed by atoms with E-state index in [0.29, 0.717) is 18.5 Å². The number of aryl methyl sites for hydroxylation is 2. The number of carbonyl (C=O) groups excluding carboxylic acids is 1. The molecule has 0 atom stereocenters. The number of nitrogens with one attached hydrogen (secondary N) is 1. The van der Waals surface area contributed by atoms with Gasteiger partial charge in [-0.2, -0.15) is 5.10 Å². The first-order valence-corrected chi connectivity index (χ1v) is 9.57. The third kappa shape index (κ3) is 4.71. The summed E-state index contributed by atoms with van der Waals surface area (Å²) in [6, 6.07) is 15.2. The summed E-state index contributed by atoms with van der Waals surface area (Å²) < 4.78 is 1.79. The van der Waals surface area contributed by atoms with Gasteiger partial charge in [-0.3, -0.25) is 9.59 Å². The van der Waals surface area contributed by atoms with E-state index in [1.807, 2.05) is 57.2 Å². The number of hydrogen-bond acceptors (Lipinski definition) is 3. The van der Waals surface area contributed by atoms with Crippen LogP contribution in [-0.2, 0) is 17.8 Å². The van der Waals surface area contributed by atoms with Crippen molar-refractivity contribution in [2.75, 3.05) is 0 Å². The van der Waals surface area contributed by atoms with Crippen LogP contribution in [0.2, 0.25) is 0 Å². The van der Waals surface area contributed by atoms with E-state index in [2.05, 4.69) is 10.4 Å². The van der Waals surface area contributed by atoms with Crippen LogP contribution in [0.3, 0.4) is 0 Å². The lowest BCUT2D eigenvalue weighted by atomic mass is 10.1. The zero-order valence-corrected chi connectivity index (χ0v) is 16.9. The van der Waals surface area contributed by atoms with E-state index in [0.717, 1.165) is 33.8 Å². The van der Waals surface area contributed by atoms with Gasteiger partial charge in [-0.05, 0) is 68.1 Å². The molecule has 0 bridgehead atoms. The predicted octanol–water partition coefficient (Wildman–Crippen LogP) is 3.74. The van der Waals surface area contributed by atoms with Gasteiger partial charge in [-0.15, -0.1) is 0 Å². The van der Waals surface area contributed by atoms with Crippen molar-refractivity contribution in [2.45, 2.75) is 40.2 Å². The van der Waals surface area contributed by atoms with E-state index < -0.39 is 5.97 Å². The van der Waals surface area contributed by atoms with Crippen LogP contribution in [0.15, 0.2) is 48.5 Å². The summed E-state index contributed by atoms with van der Waals surface area (Å²) in [6.45, 7) is 6.32. The van der Waals surface area contributed by atoms with Crippen LogP contribution in [0.25, 0.3) is 5.69 Å². The Balaban J connectivity index is 1.71. The highest BCUT2D eigenvalue weighted by Gasteiger charge is 2.14. The Bertz CT molecular complexity index is 1040. The Hall–Kier alpha value is -3.41. The molecule has 0 spiro atoms. The normalized spacial score (nSPS) is 10.7. The largest absolute Gasteiger partial charge is 0.481 e. The molecule has 0 saturated heterocycles. The van der Waals surface area contributed by atoms with Crippen LogP contribution in [-0.4, -0.2) is 26.8 Å². The number of carbonyl (C=O) groups is 2. The molecule has 29 heavy (non-hydrogen) atoms. The minimum Gasteiger partial charge on any atom is -0.481 e. The monoisotopic (exact) mass is 391 g/mol. The third-order valence-corrected chi connectivity index (χ3v) is 5.10. The first-order chi connectivity index (χ1) is 13.9. The molecule has 0 radical (unpaired) electrons. The molecule has 3 rings (SSSR count). The topological polar surface area (TPSA) is 84.2 Å². The first kappa shape index (κ1) is 20.3. The van der Waals surface area contributed by atoms with Crippen molar-refractivity contribution in [3.8, 4) is 5.69 Å². The molecule has 0 aliphatic rings. The number of aliphatic carboxylic acids is 1. The van der Waals surface area contributed by atoms with Gasteiger partial charge in [0.1, 0.15) is 0 Å². The molecule has 0 aliphatic heterocycles. The molecular weight excluding hydrogens is 366 g/mol. The van der Waals surface area contributed by atoms with E-state index in [1.54, 1.807) is 16.8 Å². The third-order valence-electron chi connectivity index (χ3n) is 5.10. The minimum atomic E-state index is -0.822. The summed E-state index contributed by atoms with van der Waals surface area (Å²) in [5.74, 6) is -0.951. The molecule has 1 heterocycles. The molecule has 150 valence electrons. The van der Waals surface area contributed by atoms with Crippen LogP contribution in [0.5, 0.6) is 0 Å². The smallest absolute Gasteiger partial charge is 0.303 e. The fourth-order valence-corrected chi connectivity index (χ4v) is 3.36. The van der Waals surface area contributed by atoms with Crippen LogP contribution in [0.4, 0.5) is 0 Å². The van der Waals surface area contributed by atoms with E-state index in [4.69, 9.17) is 5.11 Å². The van der Waals surface area contributed by atoms with Crippen molar-refractivity contribution in [1.82, 2.24) is 15.1 Å². The Kier molecular flexibility index (Phi) is 6.12. The average Bonchev–Trinajstić information content (AvgIpc) is 2.99. The summed E-state index contributed by atoms with van der Waals surface area (Å²) in [4.78, 5) is 23.3. The maximum absolute atomic E-state index is 12.5. The van der Waals surface area contributed by atoms with E-state index in [1.165, 1.54) is 0 Å². The maximum Gasteiger partial charge on any atom is 0.303 e. The van der Waals surface area contributed by atoms with Gasteiger partial charge in [0.2, 0.25) is 0 Å². The summed E-state index contributed by atoms with van der Waals surface area (Å²) >= 11 is 0. The van der Waals surface area contributed by atoms with Crippen molar-refractivity contribution >= 4 is 11.9 Å². The Morgan fingerprint density at radius 3 is 2.38 bits per heavy atom. The standard InChI is InChI=1S/C23H25N3O3/c1-15-6-4-5-7-19(15)14-24-23(29)18-8-10-20(11-9-18)26-17(3)21(16(2)25-26)12-13-22(27)28/h4-11H,12-14H2,1-3H3,(H,24,29)(H,27,28). The number of carboxylic acids is 1. The number of amides is 1. The summed E-state index contributed by atoms with van der Waals surface area (Å²) in [5.41, 5.74) is 6.34. The highest BCUT2D eigenvalue weighted by Crippen LogP contribution is 2.20. The highest BCUT2D eigenvalue weighted by atomic mass is 16.4. The van der Waals surface area contributed by atoms with E-state index >= 15 is 0 Å². The molecule has 0 saturated carbocycles. The lowest BCUT2D eigenvalue weighted by Crippen LogP contribution is -2.23. The van der Waals surface area contributed by atoms with Gasteiger partial charge in [0, 0.05) is 24.2 Å². The second-order valence-corrected chi connectivity index (χ2v) is 7.11. The summed E-state index contributed by atoms with van der Waals surface area (Å²) in [6.07, 6.45) is 0.528. The number of hydrogen-bond donors (Lipinski definition) is 2. The molecule has 6 nitrogen and oxygen atoms in total. The van der Waals surface area contributed by atoms with Gasteiger partial charge < -0.3 is 10.4 Å². The fourth-order valence-electron chi connectivity index (χ4n) is 3.36. The number of aromatic nitrogens is 2. The SMILES string of the molecule is Cc1ccccc1CNC(=O)c1ccc(-n2nc(C)c(CCC(=O)O)c2C)cc1. The van der Waals surface area contributed by atoms with E-state index in [-0.39, 0.29) is 12.3 Å². The van der Waals surface area contributed by atoms with Gasteiger partial charge in [0.15, 0.2) is 0 Å². The quantitative estimate of drug-likeness (QED) is 0.642. The predicted molar refractivity (Wildman–Crippen MR) is 111 cm³/mol. The Morgan fingerprint density at radius 1 is 1.03 bits per heavy atom. The number of nitrogens with zero attached hydrogens (tertiary/aromatic N) is 2. The summed E-state index contributed by atoms with van der Waals surface area (Å²) in [7, 11) is 0. The minimum absolute atomic E-state index is 0.0768. The molecule has 0 aliphatic carbocycles. The molecule has 0 fully saturated rings. The van der Waals surface area contributed by atoms with Gasteiger partial charge >= 0.3 is 5.97 Å². The molecule has 2 aromatic carbocycles. The molecule has 1 aromatic heterocycles. The summed E-state index contributed by atoms with van der Waals surface area (Å²) in [5, 5.41) is 16.4. The van der Waals surface area contributed by atoms with Gasteiger partial charge in [-0.25, -0.2) is 4.68 Å². The fraction of sp³-hybridized carbons (Fsp3) is 0.261. The molecule has 1 amide bonds. The Morgan fingerprint density at radius 2 is 1.72 bits per heavy atom. The molecular formula is C23H25N3O3. The first-order valence-electron chi connectivity index (χ1n) is 9.57. The van der Waals surface area contributed by atoms with E-state index in [9.17, 15) is 9.59 Å². The highest BCUT2D eigenvalue weighted by molar-refractivity contribution is 5.94. The second-order valence-electron chi connectivity index (χ2n) is 7.11.